The first-order valence-electron chi connectivity index (χ1n) is 6.81. The Morgan fingerprint density at radius 3 is 2.57 bits per heavy atom. The molecule has 1 aromatic rings. The van der Waals surface area contributed by atoms with Gasteiger partial charge >= 0.3 is 5.97 Å². The quantitative estimate of drug-likeness (QED) is 0.910. The topological polar surface area (TPSA) is 77.9 Å². The van der Waals surface area contributed by atoms with Crippen molar-refractivity contribution in [3.05, 3.63) is 34.9 Å². The van der Waals surface area contributed by atoms with Crippen LogP contribution in [0.2, 0.25) is 0 Å². The van der Waals surface area contributed by atoms with Crippen LogP contribution in [0.3, 0.4) is 0 Å². The van der Waals surface area contributed by atoms with Crippen LogP contribution in [0, 0.1) is 0 Å². The van der Waals surface area contributed by atoms with Crippen LogP contribution in [0.25, 0.3) is 0 Å². The Bertz CT molecular complexity index is 655. The third-order valence-electron chi connectivity index (χ3n) is 3.85. The SMILES string of the molecule is CC(C)N(C)S(=O)(=O)N1CCc2ccc(C(=O)O)cc2C1. The minimum Gasteiger partial charge on any atom is -0.478 e. The number of carboxylic acid groups (broad SMARTS) is 1. The first-order chi connectivity index (χ1) is 9.73. The van der Waals surface area contributed by atoms with Crippen molar-refractivity contribution < 1.29 is 18.3 Å². The third-order valence-corrected chi connectivity index (χ3v) is 5.96. The summed E-state index contributed by atoms with van der Waals surface area (Å²) in [6, 6.07) is 4.77. The fourth-order valence-corrected chi connectivity index (χ4v) is 3.83. The van der Waals surface area contributed by atoms with Crippen LogP contribution in [-0.2, 0) is 23.2 Å². The van der Waals surface area contributed by atoms with Crippen LogP contribution < -0.4 is 0 Å². The van der Waals surface area contributed by atoms with Crippen LogP contribution >= 0.6 is 0 Å². The van der Waals surface area contributed by atoms with Gasteiger partial charge in [0.1, 0.15) is 0 Å². The molecule has 7 heteroatoms. The molecule has 0 saturated heterocycles. The number of hydrogen-bond acceptors (Lipinski definition) is 3. The van der Waals surface area contributed by atoms with Crippen molar-refractivity contribution in [2.45, 2.75) is 32.9 Å². The number of fused-ring (bicyclic) bond motifs is 1. The smallest absolute Gasteiger partial charge is 0.335 e. The van der Waals surface area contributed by atoms with Crippen molar-refractivity contribution in [2.24, 2.45) is 0 Å². The highest BCUT2D eigenvalue weighted by Crippen LogP contribution is 2.24. The van der Waals surface area contributed by atoms with E-state index in [1.165, 1.54) is 8.61 Å². The van der Waals surface area contributed by atoms with Gasteiger partial charge < -0.3 is 5.11 Å². The standard InChI is InChI=1S/C14H20N2O4S/c1-10(2)15(3)21(19,20)16-7-6-11-4-5-12(14(17)18)8-13(11)9-16/h4-5,8,10H,6-7,9H2,1-3H3,(H,17,18). The van der Waals surface area contributed by atoms with Gasteiger partial charge in [-0.2, -0.15) is 17.0 Å². The molecule has 0 aliphatic carbocycles. The first kappa shape index (κ1) is 15.9. The number of aromatic carboxylic acids is 1. The maximum atomic E-state index is 12.5. The van der Waals surface area contributed by atoms with E-state index in [1.54, 1.807) is 25.2 Å². The number of hydrogen-bond donors (Lipinski definition) is 1. The zero-order chi connectivity index (χ0) is 15.8. The fraction of sp³-hybridized carbons (Fsp3) is 0.500. The highest BCUT2D eigenvalue weighted by Gasteiger charge is 2.31. The van der Waals surface area contributed by atoms with Crippen molar-refractivity contribution in [1.29, 1.82) is 0 Å². The van der Waals surface area contributed by atoms with E-state index < -0.39 is 16.2 Å². The summed E-state index contributed by atoms with van der Waals surface area (Å²) in [4.78, 5) is 11.0. The van der Waals surface area contributed by atoms with Crippen molar-refractivity contribution in [2.75, 3.05) is 13.6 Å². The highest BCUT2D eigenvalue weighted by molar-refractivity contribution is 7.86. The molecule has 0 saturated carbocycles. The van der Waals surface area contributed by atoms with Gasteiger partial charge in [-0.05, 0) is 43.5 Å². The molecule has 2 rings (SSSR count). The molecule has 6 nitrogen and oxygen atoms in total. The lowest BCUT2D eigenvalue weighted by atomic mass is 9.99. The molecule has 0 aromatic heterocycles. The van der Waals surface area contributed by atoms with Gasteiger partial charge in [0, 0.05) is 26.2 Å². The van der Waals surface area contributed by atoms with E-state index in [0.717, 1.165) is 11.1 Å². The molecular formula is C14H20N2O4S. The molecule has 0 unspecified atom stereocenters. The second-order valence-corrected chi connectivity index (χ2v) is 7.48. The largest absolute Gasteiger partial charge is 0.478 e. The third kappa shape index (κ3) is 3.09. The van der Waals surface area contributed by atoms with Crippen LogP contribution in [0.5, 0.6) is 0 Å². The minimum absolute atomic E-state index is 0.123. The summed E-state index contributed by atoms with van der Waals surface area (Å²) in [5, 5.41) is 9.03. The zero-order valence-corrected chi connectivity index (χ0v) is 13.2. The lowest BCUT2D eigenvalue weighted by molar-refractivity contribution is 0.0696. The number of carbonyl (C=O) groups is 1. The van der Waals surface area contributed by atoms with Crippen LogP contribution in [0.1, 0.15) is 35.3 Å². The van der Waals surface area contributed by atoms with Crippen molar-refractivity contribution in [3.8, 4) is 0 Å². The zero-order valence-electron chi connectivity index (χ0n) is 12.4. The van der Waals surface area contributed by atoms with Crippen LogP contribution in [0.4, 0.5) is 0 Å². The van der Waals surface area contributed by atoms with Gasteiger partial charge in [0.25, 0.3) is 10.2 Å². The van der Waals surface area contributed by atoms with E-state index >= 15 is 0 Å². The van der Waals surface area contributed by atoms with Gasteiger partial charge in [-0.3, -0.25) is 0 Å². The van der Waals surface area contributed by atoms with Crippen LogP contribution in [-0.4, -0.2) is 47.7 Å². The second-order valence-electron chi connectivity index (χ2n) is 5.49. The van der Waals surface area contributed by atoms with Crippen molar-refractivity contribution in [3.63, 3.8) is 0 Å². The van der Waals surface area contributed by atoms with Gasteiger partial charge in [-0.1, -0.05) is 6.07 Å². The molecule has 1 aliphatic rings. The molecule has 1 aliphatic heterocycles. The van der Waals surface area contributed by atoms with E-state index in [4.69, 9.17) is 5.11 Å². The van der Waals surface area contributed by atoms with E-state index in [9.17, 15) is 13.2 Å². The molecule has 0 spiro atoms. The summed E-state index contributed by atoms with van der Waals surface area (Å²) >= 11 is 0. The summed E-state index contributed by atoms with van der Waals surface area (Å²) in [6.45, 7) is 4.27. The maximum Gasteiger partial charge on any atom is 0.335 e. The predicted molar refractivity (Wildman–Crippen MR) is 79.3 cm³/mol. The van der Waals surface area contributed by atoms with E-state index in [2.05, 4.69) is 0 Å². The van der Waals surface area contributed by atoms with Crippen LogP contribution in [0.15, 0.2) is 18.2 Å². The Morgan fingerprint density at radius 1 is 1.33 bits per heavy atom. The first-order valence-corrected chi connectivity index (χ1v) is 8.21. The van der Waals surface area contributed by atoms with Gasteiger partial charge in [0.05, 0.1) is 5.56 Å². The number of nitrogens with zero attached hydrogens (tertiary/aromatic N) is 2. The molecule has 1 aromatic carbocycles. The van der Waals surface area contributed by atoms with Gasteiger partial charge in [0.15, 0.2) is 0 Å². The Balaban J connectivity index is 2.30. The summed E-state index contributed by atoms with van der Waals surface area (Å²) in [6.07, 6.45) is 0.598. The fourth-order valence-electron chi connectivity index (χ4n) is 2.31. The van der Waals surface area contributed by atoms with E-state index in [1.807, 2.05) is 13.8 Å². The van der Waals surface area contributed by atoms with E-state index in [-0.39, 0.29) is 18.2 Å². The molecule has 0 amide bonds. The summed E-state index contributed by atoms with van der Waals surface area (Å²) in [5.74, 6) is -1.00. The molecule has 21 heavy (non-hydrogen) atoms. The Morgan fingerprint density at radius 2 is 2.00 bits per heavy atom. The maximum absolute atomic E-state index is 12.5. The monoisotopic (exact) mass is 312 g/mol. The van der Waals surface area contributed by atoms with Gasteiger partial charge in [-0.25, -0.2) is 4.79 Å². The highest BCUT2D eigenvalue weighted by atomic mass is 32.2. The Labute approximate surface area is 125 Å². The molecule has 1 heterocycles. The number of benzene rings is 1. The second kappa shape index (κ2) is 5.75. The van der Waals surface area contributed by atoms with Crippen molar-refractivity contribution in [1.82, 2.24) is 8.61 Å². The summed E-state index contributed by atoms with van der Waals surface area (Å²) in [5.41, 5.74) is 1.96. The average molecular weight is 312 g/mol. The summed E-state index contributed by atoms with van der Waals surface area (Å²) < 4.78 is 27.7. The molecule has 0 fully saturated rings. The molecule has 116 valence electrons. The Kier molecular flexibility index (Phi) is 4.36. The average Bonchev–Trinajstić information content (AvgIpc) is 2.44. The molecule has 1 N–H and O–H groups in total. The predicted octanol–water partition coefficient (Wildman–Crippen LogP) is 1.33. The van der Waals surface area contributed by atoms with Gasteiger partial charge in [-0.15, -0.1) is 0 Å². The number of rotatable bonds is 4. The van der Waals surface area contributed by atoms with Crippen molar-refractivity contribution >= 4 is 16.2 Å². The Hall–Kier alpha value is -1.44. The van der Waals surface area contributed by atoms with Gasteiger partial charge in [0.2, 0.25) is 0 Å². The van der Waals surface area contributed by atoms with E-state index in [0.29, 0.717) is 13.0 Å². The lowest BCUT2D eigenvalue weighted by Gasteiger charge is -2.33. The molecule has 0 radical (unpaired) electrons. The lowest BCUT2D eigenvalue weighted by Crippen LogP contribution is -2.46. The number of carboxylic acids is 1. The molecular weight excluding hydrogens is 292 g/mol. The minimum atomic E-state index is -3.52. The summed E-state index contributed by atoms with van der Waals surface area (Å²) in [7, 11) is -1.96. The normalized spacial score (nSPS) is 16.2. The molecule has 0 bridgehead atoms. The molecule has 0 atom stereocenters.